The van der Waals surface area contributed by atoms with Crippen molar-refractivity contribution in [1.29, 1.82) is 0 Å². The molecule has 0 aromatic heterocycles. The van der Waals surface area contributed by atoms with Crippen LogP contribution >= 0.6 is 0 Å². The summed E-state index contributed by atoms with van der Waals surface area (Å²) < 4.78 is 0. The Bertz CT molecular complexity index is 637. The number of aryl methyl sites for hydroxylation is 1. The van der Waals surface area contributed by atoms with Gasteiger partial charge < -0.3 is 15.8 Å². The Labute approximate surface area is 125 Å². The van der Waals surface area contributed by atoms with Crippen molar-refractivity contribution in [2.45, 2.75) is 20.4 Å². The Balaban J connectivity index is 2.31. The summed E-state index contributed by atoms with van der Waals surface area (Å²) in [5.41, 5.74) is 9.97. The molecule has 0 fully saturated rings. The minimum absolute atomic E-state index is 0.144. The average Bonchev–Trinajstić information content (AvgIpc) is 2.52. The number of amidine groups is 1. The van der Waals surface area contributed by atoms with Crippen LogP contribution in [-0.4, -0.2) is 17.6 Å². The highest BCUT2D eigenvalue weighted by Crippen LogP contribution is 2.20. The standard InChI is InChI=1S/C17H21N3O/c1-3-20(15-9-6-7-13(2)11-15)12-14-8-4-5-10-16(14)17(18)19-21/h4-11,21H,3,12H2,1-2H3,(H2,18,19). The van der Waals surface area contributed by atoms with Gasteiger partial charge in [-0.1, -0.05) is 41.6 Å². The van der Waals surface area contributed by atoms with Gasteiger partial charge in [-0.15, -0.1) is 0 Å². The second kappa shape index (κ2) is 6.79. The van der Waals surface area contributed by atoms with Gasteiger partial charge in [0.1, 0.15) is 0 Å². The topological polar surface area (TPSA) is 61.8 Å². The molecule has 4 nitrogen and oxygen atoms in total. The predicted octanol–water partition coefficient (Wildman–Crippen LogP) is 3.12. The van der Waals surface area contributed by atoms with Gasteiger partial charge >= 0.3 is 0 Å². The van der Waals surface area contributed by atoms with Gasteiger partial charge in [-0.25, -0.2) is 0 Å². The van der Waals surface area contributed by atoms with E-state index in [4.69, 9.17) is 10.9 Å². The van der Waals surface area contributed by atoms with Crippen molar-refractivity contribution in [3.8, 4) is 0 Å². The molecule has 0 radical (unpaired) electrons. The largest absolute Gasteiger partial charge is 0.409 e. The van der Waals surface area contributed by atoms with Crippen LogP contribution in [-0.2, 0) is 6.54 Å². The lowest BCUT2D eigenvalue weighted by atomic mass is 10.1. The van der Waals surface area contributed by atoms with Crippen molar-refractivity contribution < 1.29 is 5.21 Å². The molecule has 0 spiro atoms. The lowest BCUT2D eigenvalue weighted by molar-refractivity contribution is 0.318. The van der Waals surface area contributed by atoms with Crippen molar-refractivity contribution in [2.75, 3.05) is 11.4 Å². The second-order valence-electron chi connectivity index (χ2n) is 5.00. The molecule has 3 N–H and O–H groups in total. The minimum Gasteiger partial charge on any atom is -0.409 e. The fraction of sp³-hybridized carbons (Fsp3) is 0.235. The summed E-state index contributed by atoms with van der Waals surface area (Å²) in [5, 5.41) is 12.0. The van der Waals surface area contributed by atoms with E-state index >= 15 is 0 Å². The Hall–Kier alpha value is -2.49. The van der Waals surface area contributed by atoms with Crippen LogP contribution in [0.2, 0.25) is 0 Å². The van der Waals surface area contributed by atoms with Gasteiger partial charge in [0.05, 0.1) is 0 Å². The maximum absolute atomic E-state index is 8.91. The van der Waals surface area contributed by atoms with Crippen LogP contribution in [0.4, 0.5) is 5.69 Å². The number of nitrogens with zero attached hydrogens (tertiary/aromatic N) is 2. The summed E-state index contributed by atoms with van der Waals surface area (Å²) in [5.74, 6) is 0.144. The summed E-state index contributed by atoms with van der Waals surface area (Å²) in [4.78, 5) is 2.26. The van der Waals surface area contributed by atoms with Gasteiger partial charge in [0.2, 0.25) is 0 Å². The van der Waals surface area contributed by atoms with Crippen molar-refractivity contribution >= 4 is 11.5 Å². The fourth-order valence-corrected chi connectivity index (χ4v) is 2.38. The van der Waals surface area contributed by atoms with Crippen LogP contribution < -0.4 is 10.6 Å². The van der Waals surface area contributed by atoms with Crippen LogP contribution in [0.25, 0.3) is 0 Å². The molecule has 4 heteroatoms. The third-order valence-corrected chi connectivity index (χ3v) is 3.51. The highest BCUT2D eigenvalue weighted by Gasteiger charge is 2.11. The van der Waals surface area contributed by atoms with E-state index < -0.39 is 0 Å². The molecule has 2 aromatic carbocycles. The van der Waals surface area contributed by atoms with Crippen molar-refractivity contribution in [3.05, 3.63) is 65.2 Å². The van der Waals surface area contributed by atoms with Gasteiger partial charge in [0.15, 0.2) is 5.84 Å². The molecule has 0 heterocycles. The number of hydrogen-bond donors (Lipinski definition) is 2. The van der Waals surface area contributed by atoms with E-state index in [1.807, 2.05) is 24.3 Å². The Morgan fingerprint density at radius 1 is 1.19 bits per heavy atom. The molecule has 2 rings (SSSR count). The first-order valence-corrected chi connectivity index (χ1v) is 7.03. The first-order chi connectivity index (χ1) is 10.2. The van der Waals surface area contributed by atoms with E-state index in [2.05, 4.69) is 48.2 Å². The van der Waals surface area contributed by atoms with Gasteiger partial charge in [-0.05, 0) is 37.1 Å². The number of hydrogen-bond acceptors (Lipinski definition) is 3. The zero-order valence-electron chi connectivity index (χ0n) is 12.5. The maximum Gasteiger partial charge on any atom is 0.170 e. The molecule has 2 aromatic rings. The third-order valence-electron chi connectivity index (χ3n) is 3.51. The van der Waals surface area contributed by atoms with Gasteiger partial charge in [0.25, 0.3) is 0 Å². The number of rotatable bonds is 5. The molecule has 110 valence electrons. The molecule has 0 aliphatic rings. The first kappa shape index (κ1) is 14.9. The van der Waals surface area contributed by atoms with Crippen LogP contribution in [0.3, 0.4) is 0 Å². The molecule has 21 heavy (non-hydrogen) atoms. The Morgan fingerprint density at radius 3 is 2.62 bits per heavy atom. The zero-order chi connectivity index (χ0) is 15.2. The smallest absolute Gasteiger partial charge is 0.170 e. The lowest BCUT2D eigenvalue weighted by Crippen LogP contribution is -2.25. The zero-order valence-corrected chi connectivity index (χ0v) is 12.5. The van der Waals surface area contributed by atoms with E-state index in [1.165, 1.54) is 11.3 Å². The SMILES string of the molecule is CCN(Cc1ccccc1/C(N)=N/O)c1cccc(C)c1. The number of nitrogens with two attached hydrogens (primary N) is 1. The number of anilines is 1. The number of oxime groups is 1. The number of benzene rings is 2. The molecule has 0 atom stereocenters. The van der Waals surface area contributed by atoms with Gasteiger partial charge in [-0.3, -0.25) is 0 Å². The van der Waals surface area contributed by atoms with E-state index in [9.17, 15) is 0 Å². The summed E-state index contributed by atoms with van der Waals surface area (Å²) in [6, 6.07) is 16.1. The molecule has 0 saturated carbocycles. The van der Waals surface area contributed by atoms with Gasteiger partial charge in [-0.2, -0.15) is 0 Å². The molecular formula is C17H21N3O. The maximum atomic E-state index is 8.91. The highest BCUT2D eigenvalue weighted by molar-refractivity contribution is 5.98. The second-order valence-corrected chi connectivity index (χ2v) is 5.00. The Morgan fingerprint density at radius 2 is 1.95 bits per heavy atom. The summed E-state index contributed by atoms with van der Waals surface area (Å²) in [6.45, 7) is 5.80. The average molecular weight is 283 g/mol. The van der Waals surface area contributed by atoms with E-state index in [1.54, 1.807) is 0 Å². The van der Waals surface area contributed by atoms with E-state index in [0.29, 0.717) is 6.54 Å². The van der Waals surface area contributed by atoms with Crippen molar-refractivity contribution in [1.82, 2.24) is 0 Å². The van der Waals surface area contributed by atoms with Crippen LogP contribution in [0.1, 0.15) is 23.6 Å². The molecule has 0 aliphatic heterocycles. The molecular weight excluding hydrogens is 262 g/mol. The lowest BCUT2D eigenvalue weighted by Gasteiger charge is -2.24. The molecule has 0 bridgehead atoms. The molecule has 0 unspecified atom stereocenters. The van der Waals surface area contributed by atoms with Crippen LogP contribution in [0.15, 0.2) is 53.7 Å². The molecule has 0 amide bonds. The van der Waals surface area contributed by atoms with E-state index in [-0.39, 0.29) is 5.84 Å². The quantitative estimate of drug-likeness (QED) is 0.383. The normalized spacial score (nSPS) is 11.4. The van der Waals surface area contributed by atoms with Crippen molar-refractivity contribution in [3.63, 3.8) is 0 Å². The van der Waals surface area contributed by atoms with E-state index in [0.717, 1.165) is 17.7 Å². The molecule has 0 saturated heterocycles. The van der Waals surface area contributed by atoms with Gasteiger partial charge in [0, 0.05) is 24.3 Å². The minimum atomic E-state index is 0.144. The monoisotopic (exact) mass is 283 g/mol. The first-order valence-electron chi connectivity index (χ1n) is 7.03. The third kappa shape index (κ3) is 3.54. The van der Waals surface area contributed by atoms with Crippen LogP contribution in [0, 0.1) is 6.92 Å². The van der Waals surface area contributed by atoms with Crippen LogP contribution in [0.5, 0.6) is 0 Å². The summed E-state index contributed by atoms with van der Waals surface area (Å²) >= 11 is 0. The van der Waals surface area contributed by atoms with Crippen molar-refractivity contribution in [2.24, 2.45) is 10.9 Å². The summed E-state index contributed by atoms with van der Waals surface area (Å²) in [7, 11) is 0. The summed E-state index contributed by atoms with van der Waals surface area (Å²) in [6.07, 6.45) is 0. The Kier molecular flexibility index (Phi) is 4.82. The fourth-order valence-electron chi connectivity index (χ4n) is 2.38. The molecule has 0 aliphatic carbocycles. The highest BCUT2D eigenvalue weighted by atomic mass is 16.4. The predicted molar refractivity (Wildman–Crippen MR) is 86.9 cm³/mol.